The van der Waals surface area contributed by atoms with Crippen molar-refractivity contribution in [2.75, 3.05) is 24.6 Å². The number of fused-ring (bicyclic) bond motifs is 1. The fraction of sp³-hybridized carbons (Fsp3) is 0.500. The summed E-state index contributed by atoms with van der Waals surface area (Å²) in [7, 11) is 0. The maximum absolute atomic E-state index is 12.9. The van der Waals surface area contributed by atoms with Crippen LogP contribution in [0.25, 0.3) is 0 Å². The predicted molar refractivity (Wildman–Crippen MR) is 82.1 cm³/mol. The molecule has 2 aromatic heterocycles. The van der Waals surface area contributed by atoms with E-state index in [0.29, 0.717) is 13.1 Å². The maximum Gasteiger partial charge on any atom is 0.433 e. The number of halogens is 4. The van der Waals surface area contributed by atoms with Gasteiger partial charge in [0.1, 0.15) is 10.8 Å². The standard InChI is InChI=1S/C14H12ClF3N4OS/c15-12-20-9(14(16,17)18)3-10(21-12)22-4-7-8(5-23)13(7,6-22)11-19-1-2-24-11/h1-3,7-8,23H,4-6H2. The summed E-state index contributed by atoms with van der Waals surface area (Å²) in [6.07, 6.45) is -2.88. The van der Waals surface area contributed by atoms with Crippen LogP contribution >= 0.6 is 22.9 Å². The smallest absolute Gasteiger partial charge is 0.396 e. The normalized spacial score (nSPS) is 29.0. The lowest BCUT2D eigenvalue weighted by Crippen LogP contribution is -2.31. The van der Waals surface area contributed by atoms with E-state index < -0.39 is 17.2 Å². The Morgan fingerprint density at radius 3 is 2.83 bits per heavy atom. The van der Waals surface area contributed by atoms with Crippen molar-refractivity contribution in [3.8, 4) is 0 Å². The molecule has 5 nitrogen and oxygen atoms in total. The highest BCUT2D eigenvalue weighted by Crippen LogP contribution is 2.64. The van der Waals surface area contributed by atoms with Crippen LogP contribution in [-0.2, 0) is 11.6 Å². The zero-order valence-corrected chi connectivity index (χ0v) is 13.7. The Morgan fingerprint density at radius 1 is 1.42 bits per heavy atom. The second kappa shape index (κ2) is 5.27. The zero-order valence-electron chi connectivity index (χ0n) is 12.2. The van der Waals surface area contributed by atoms with E-state index in [1.54, 1.807) is 11.1 Å². The molecule has 1 aliphatic carbocycles. The van der Waals surface area contributed by atoms with Crippen LogP contribution in [0.2, 0.25) is 5.28 Å². The van der Waals surface area contributed by atoms with Crippen LogP contribution in [0.15, 0.2) is 17.6 Å². The molecular weight excluding hydrogens is 365 g/mol. The first-order chi connectivity index (χ1) is 11.4. The molecule has 128 valence electrons. The third-order valence-electron chi connectivity index (χ3n) is 4.90. The van der Waals surface area contributed by atoms with E-state index in [2.05, 4.69) is 15.0 Å². The van der Waals surface area contributed by atoms with Gasteiger partial charge in [-0.15, -0.1) is 11.3 Å². The van der Waals surface area contributed by atoms with Crippen LogP contribution in [0.4, 0.5) is 19.0 Å². The van der Waals surface area contributed by atoms with Gasteiger partial charge in [-0.3, -0.25) is 0 Å². The number of aromatic nitrogens is 3. The molecule has 2 aliphatic rings. The number of nitrogens with zero attached hydrogens (tertiary/aromatic N) is 4. The predicted octanol–water partition coefficient (Wildman–Crippen LogP) is 2.60. The summed E-state index contributed by atoms with van der Waals surface area (Å²) in [5.41, 5.74) is -1.36. The maximum atomic E-state index is 12.9. The molecule has 0 amide bonds. The number of alkyl halides is 3. The molecule has 0 spiro atoms. The monoisotopic (exact) mass is 376 g/mol. The number of hydrogen-bond acceptors (Lipinski definition) is 6. The van der Waals surface area contributed by atoms with Crippen molar-refractivity contribution in [3.63, 3.8) is 0 Å². The molecule has 0 radical (unpaired) electrons. The average molecular weight is 377 g/mol. The fourth-order valence-corrected chi connectivity index (χ4v) is 4.90. The molecule has 1 saturated carbocycles. The molecular formula is C14H12ClF3N4OS. The third kappa shape index (κ3) is 2.29. The largest absolute Gasteiger partial charge is 0.433 e. The minimum atomic E-state index is -4.58. The van der Waals surface area contributed by atoms with Gasteiger partial charge in [0, 0.05) is 48.7 Å². The van der Waals surface area contributed by atoms with Crippen LogP contribution < -0.4 is 4.90 Å². The lowest BCUT2D eigenvalue weighted by molar-refractivity contribution is -0.141. The Labute approximate surface area is 144 Å². The van der Waals surface area contributed by atoms with Gasteiger partial charge in [0.25, 0.3) is 0 Å². The molecule has 10 heteroatoms. The summed E-state index contributed by atoms with van der Waals surface area (Å²) >= 11 is 7.17. The number of aliphatic hydroxyl groups is 1. The Hall–Kier alpha value is -1.45. The Balaban J connectivity index is 1.66. The summed E-state index contributed by atoms with van der Waals surface area (Å²) < 4.78 is 38.8. The van der Waals surface area contributed by atoms with Gasteiger partial charge in [-0.25, -0.2) is 15.0 Å². The SMILES string of the molecule is OCC1C2CN(c3cc(C(F)(F)F)nc(Cl)n3)CC12c1nccs1. The highest BCUT2D eigenvalue weighted by molar-refractivity contribution is 7.09. The number of hydrogen-bond donors (Lipinski definition) is 1. The first-order valence-electron chi connectivity index (χ1n) is 7.24. The number of piperidine rings is 1. The molecule has 24 heavy (non-hydrogen) atoms. The van der Waals surface area contributed by atoms with E-state index in [1.165, 1.54) is 11.3 Å². The molecule has 3 unspecified atom stereocenters. The van der Waals surface area contributed by atoms with Crippen molar-refractivity contribution in [2.24, 2.45) is 11.8 Å². The molecule has 0 aromatic carbocycles. The number of thiazole rings is 1. The van der Waals surface area contributed by atoms with Crippen molar-refractivity contribution in [3.05, 3.63) is 33.6 Å². The number of aliphatic hydroxyl groups excluding tert-OH is 1. The molecule has 1 aliphatic heterocycles. The van der Waals surface area contributed by atoms with Gasteiger partial charge in [-0.05, 0) is 17.5 Å². The lowest BCUT2D eigenvalue weighted by Gasteiger charge is -2.24. The second-order valence-electron chi connectivity index (χ2n) is 6.03. The minimum Gasteiger partial charge on any atom is -0.396 e. The van der Waals surface area contributed by atoms with Crippen LogP contribution in [0, 0.1) is 11.8 Å². The van der Waals surface area contributed by atoms with Crippen LogP contribution in [0.1, 0.15) is 10.7 Å². The molecule has 1 N–H and O–H groups in total. The quantitative estimate of drug-likeness (QED) is 0.834. The molecule has 1 saturated heterocycles. The van der Waals surface area contributed by atoms with Gasteiger partial charge in [-0.2, -0.15) is 13.2 Å². The van der Waals surface area contributed by atoms with Crippen molar-refractivity contribution in [1.29, 1.82) is 0 Å². The second-order valence-corrected chi connectivity index (χ2v) is 7.26. The van der Waals surface area contributed by atoms with Gasteiger partial charge >= 0.3 is 6.18 Å². The first kappa shape index (κ1) is 16.0. The third-order valence-corrected chi connectivity index (χ3v) is 6.03. The van der Waals surface area contributed by atoms with Crippen molar-refractivity contribution in [1.82, 2.24) is 15.0 Å². The summed E-state index contributed by atoms with van der Waals surface area (Å²) in [5.74, 6) is 0.387. The lowest BCUT2D eigenvalue weighted by atomic mass is 10.1. The van der Waals surface area contributed by atoms with Crippen molar-refractivity contribution >= 4 is 28.8 Å². The molecule has 0 bridgehead atoms. The van der Waals surface area contributed by atoms with Crippen molar-refractivity contribution < 1.29 is 18.3 Å². The van der Waals surface area contributed by atoms with E-state index in [4.69, 9.17) is 11.6 Å². The van der Waals surface area contributed by atoms with Crippen LogP contribution in [0.5, 0.6) is 0 Å². The molecule has 3 heterocycles. The fourth-order valence-electron chi connectivity index (χ4n) is 3.76. The summed E-state index contributed by atoms with van der Waals surface area (Å²) in [4.78, 5) is 13.3. The molecule has 2 fully saturated rings. The zero-order chi connectivity index (χ0) is 17.1. The Morgan fingerprint density at radius 2 is 2.21 bits per heavy atom. The van der Waals surface area contributed by atoms with Crippen LogP contribution in [-0.4, -0.2) is 39.8 Å². The van der Waals surface area contributed by atoms with Crippen molar-refractivity contribution in [2.45, 2.75) is 11.6 Å². The average Bonchev–Trinajstić information content (AvgIpc) is 2.94. The van der Waals surface area contributed by atoms with E-state index in [1.807, 2.05) is 5.38 Å². The summed E-state index contributed by atoms with van der Waals surface area (Å²) in [6.45, 7) is 1.01. The highest BCUT2D eigenvalue weighted by Gasteiger charge is 2.71. The van der Waals surface area contributed by atoms with E-state index in [9.17, 15) is 18.3 Å². The summed E-state index contributed by atoms with van der Waals surface area (Å²) in [6, 6.07) is 0.917. The van der Waals surface area contributed by atoms with E-state index >= 15 is 0 Å². The number of anilines is 1. The first-order valence-corrected chi connectivity index (χ1v) is 8.49. The van der Waals surface area contributed by atoms with E-state index in [0.717, 1.165) is 11.1 Å². The van der Waals surface area contributed by atoms with Gasteiger partial charge < -0.3 is 10.0 Å². The molecule has 3 atom stereocenters. The van der Waals surface area contributed by atoms with Crippen LogP contribution in [0.3, 0.4) is 0 Å². The van der Waals surface area contributed by atoms with Gasteiger partial charge in [0.15, 0.2) is 5.69 Å². The van der Waals surface area contributed by atoms with Gasteiger partial charge in [-0.1, -0.05) is 0 Å². The topological polar surface area (TPSA) is 62.1 Å². The minimum absolute atomic E-state index is 0.0381. The molecule has 2 aromatic rings. The number of rotatable bonds is 3. The molecule has 4 rings (SSSR count). The Bertz CT molecular complexity index is 772. The van der Waals surface area contributed by atoms with Gasteiger partial charge in [0.05, 0.1) is 0 Å². The highest BCUT2D eigenvalue weighted by atomic mass is 35.5. The van der Waals surface area contributed by atoms with E-state index in [-0.39, 0.29) is 29.7 Å². The Kier molecular flexibility index (Phi) is 3.52. The van der Waals surface area contributed by atoms with Gasteiger partial charge in [0.2, 0.25) is 5.28 Å². The summed E-state index contributed by atoms with van der Waals surface area (Å²) in [5, 5.41) is 11.9.